The van der Waals surface area contributed by atoms with E-state index < -0.39 is 5.91 Å². The van der Waals surface area contributed by atoms with Crippen LogP contribution in [0.2, 0.25) is 5.02 Å². The Bertz CT molecular complexity index is 706. The van der Waals surface area contributed by atoms with Gasteiger partial charge >= 0.3 is 0 Å². The van der Waals surface area contributed by atoms with Crippen LogP contribution >= 0.6 is 23.4 Å². The normalized spacial score (nSPS) is 16.3. The van der Waals surface area contributed by atoms with Gasteiger partial charge in [0.1, 0.15) is 0 Å². The van der Waals surface area contributed by atoms with Crippen LogP contribution in [0.15, 0.2) is 29.2 Å². The lowest BCUT2D eigenvalue weighted by molar-refractivity contribution is -0.118. The molecular weight excluding hydrogens is 368 g/mol. The largest absolute Gasteiger partial charge is 0.386 e. The van der Waals surface area contributed by atoms with Gasteiger partial charge in [0, 0.05) is 25.4 Å². The van der Waals surface area contributed by atoms with Crippen LogP contribution in [0.5, 0.6) is 0 Å². The number of benzene rings is 1. The number of carbonyl (C=O) groups is 2. The molecule has 1 heterocycles. The van der Waals surface area contributed by atoms with Gasteiger partial charge in [-0.25, -0.2) is 0 Å². The third-order valence-corrected chi connectivity index (χ3v) is 5.78. The van der Waals surface area contributed by atoms with Crippen molar-refractivity contribution in [2.45, 2.75) is 31.6 Å². The number of hydrogen-bond acceptors (Lipinski definition) is 4. The van der Waals surface area contributed by atoms with E-state index in [0.29, 0.717) is 17.2 Å². The Morgan fingerprint density at radius 3 is 2.50 bits per heavy atom. The van der Waals surface area contributed by atoms with Crippen molar-refractivity contribution in [1.82, 2.24) is 5.32 Å². The first kappa shape index (κ1) is 20.6. The zero-order chi connectivity index (χ0) is 18.9. The van der Waals surface area contributed by atoms with Crippen molar-refractivity contribution in [3.8, 4) is 0 Å². The van der Waals surface area contributed by atoms with E-state index in [-0.39, 0.29) is 5.57 Å². The molecule has 6 heteroatoms. The van der Waals surface area contributed by atoms with Crippen molar-refractivity contribution in [2.75, 3.05) is 25.2 Å². The van der Waals surface area contributed by atoms with Gasteiger partial charge in [-0.1, -0.05) is 36.2 Å². The Morgan fingerprint density at radius 2 is 2.08 bits per heavy atom. The standard InChI is InChI=1S/C16H19ClN2O2.C4H6S/c1-18-15-11(8-12(9-20)16(21)19-2)6-7-13(14(15)17)10-4-3-5-10;1-2-4-5-3-1/h6-10,18H,3-5H2,1-2H3,(H,19,21);1,3H,2,4H2/b12-8+;. The molecule has 0 atom stereocenters. The van der Waals surface area contributed by atoms with Crippen LogP contribution in [0.4, 0.5) is 5.69 Å². The van der Waals surface area contributed by atoms with Crippen molar-refractivity contribution in [3.63, 3.8) is 0 Å². The molecule has 1 aromatic carbocycles. The Morgan fingerprint density at radius 1 is 1.31 bits per heavy atom. The average molecular weight is 393 g/mol. The highest BCUT2D eigenvalue weighted by Crippen LogP contribution is 2.43. The van der Waals surface area contributed by atoms with E-state index in [4.69, 9.17) is 11.6 Å². The number of anilines is 1. The third kappa shape index (κ3) is 5.15. The first-order valence-corrected chi connectivity index (χ1v) is 10.2. The monoisotopic (exact) mass is 392 g/mol. The lowest BCUT2D eigenvalue weighted by Gasteiger charge is -2.28. The van der Waals surface area contributed by atoms with Gasteiger partial charge in [0.25, 0.3) is 5.91 Å². The van der Waals surface area contributed by atoms with E-state index in [9.17, 15) is 9.59 Å². The second kappa shape index (κ2) is 10.4. The van der Waals surface area contributed by atoms with Crippen molar-refractivity contribution in [3.05, 3.63) is 45.3 Å². The number of nitrogens with one attached hydrogen (secondary N) is 2. The summed E-state index contributed by atoms with van der Waals surface area (Å²) in [5.41, 5.74) is 2.69. The second-order valence-electron chi connectivity index (χ2n) is 6.14. The Balaban J connectivity index is 0.000000417. The third-order valence-electron chi connectivity index (χ3n) is 4.52. The molecule has 0 radical (unpaired) electrons. The van der Waals surface area contributed by atoms with Crippen molar-refractivity contribution < 1.29 is 9.59 Å². The first-order valence-electron chi connectivity index (χ1n) is 8.78. The predicted octanol–water partition coefficient (Wildman–Crippen LogP) is 4.61. The number of amides is 1. The van der Waals surface area contributed by atoms with Crippen LogP contribution in [-0.4, -0.2) is 32.0 Å². The van der Waals surface area contributed by atoms with E-state index in [2.05, 4.69) is 22.1 Å². The van der Waals surface area contributed by atoms with E-state index >= 15 is 0 Å². The predicted molar refractivity (Wildman–Crippen MR) is 112 cm³/mol. The summed E-state index contributed by atoms with van der Waals surface area (Å²) in [6.45, 7) is 0. The molecule has 2 N–H and O–H groups in total. The first-order chi connectivity index (χ1) is 12.6. The van der Waals surface area contributed by atoms with Gasteiger partial charge in [-0.05, 0) is 42.2 Å². The Hall–Kier alpha value is -1.72. The molecule has 3 rings (SSSR count). The second-order valence-corrected chi connectivity index (χ2v) is 7.53. The molecular formula is C20H25ClN2O2S. The van der Waals surface area contributed by atoms with Crippen LogP contribution in [0.1, 0.15) is 42.7 Å². The van der Waals surface area contributed by atoms with Gasteiger partial charge in [-0.2, -0.15) is 0 Å². The minimum absolute atomic E-state index is 0.0708. The smallest absolute Gasteiger partial charge is 0.254 e. The maximum Gasteiger partial charge on any atom is 0.254 e. The summed E-state index contributed by atoms with van der Waals surface area (Å²) in [5.74, 6) is 1.42. The number of likely N-dealkylation sites (N-methyl/N-ethyl adjacent to an activating group) is 1. The maximum atomic E-state index is 11.6. The fourth-order valence-electron chi connectivity index (χ4n) is 2.82. The summed E-state index contributed by atoms with van der Waals surface area (Å²) in [6, 6.07) is 3.89. The molecule has 1 aliphatic heterocycles. The summed E-state index contributed by atoms with van der Waals surface area (Å²) >= 11 is 8.37. The molecule has 1 saturated carbocycles. The summed E-state index contributed by atoms with van der Waals surface area (Å²) in [6.07, 6.45) is 9.14. The van der Waals surface area contributed by atoms with Crippen LogP contribution in [0.25, 0.3) is 6.08 Å². The Kier molecular flexibility index (Phi) is 8.26. The lowest BCUT2D eigenvalue weighted by atomic mass is 9.79. The molecule has 0 bridgehead atoms. The fourth-order valence-corrected chi connectivity index (χ4v) is 3.92. The maximum absolute atomic E-state index is 11.6. The molecule has 1 fully saturated rings. The molecule has 26 heavy (non-hydrogen) atoms. The van der Waals surface area contributed by atoms with Gasteiger partial charge in [0.05, 0.1) is 16.3 Å². The highest BCUT2D eigenvalue weighted by molar-refractivity contribution is 8.02. The van der Waals surface area contributed by atoms with Gasteiger partial charge < -0.3 is 10.6 Å². The van der Waals surface area contributed by atoms with Gasteiger partial charge in [0.2, 0.25) is 0 Å². The van der Waals surface area contributed by atoms with Crippen LogP contribution in [0.3, 0.4) is 0 Å². The van der Waals surface area contributed by atoms with E-state index in [1.54, 1.807) is 13.1 Å². The highest BCUT2D eigenvalue weighted by atomic mass is 35.5. The number of rotatable bonds is 5. The highest BCUT2D eigenvalue weighted by Gasteiger charge is 2.23. The van der Waals surface area contributed by atoms with E-state index in [1.165, 1.54) is 25.6 Å². The number of thioether (sulfide) groups is 1. The SMILES string of the molecule is C1=CSCC1.CNC(=O)/C(C=O)=C/c1ccc(C2CCC2)c(Cl)c1NC. The summed E-state index contributed by atoms with van der Waals surface area (Å²) < 4.78 is 0. The summed E-state index contributed by atoms with van der Waals surface area (Å²) in [7, 11) is 3.27. The molecule has 0 unspecified atom stereocenters. The number of allylic oxidation sites excluding steroid dienone is 1. The average Bonchev–Trinajstić information content (AvgIpc) is 3.19. The topological polar surface area (TPSA) is 58.2 Å². The molecule has 2 aliphatic rings. The molecule has 1 amide bonds. The van der Waals surface area contributed by atoms with Crippen LogP contribution in [-0.2, 0) is 9.59 Å². The zero-order valence-corrected chi connectivity index (χ0v) is 16.8. The molecule has 140 valence electrons. The Labute approximate surface area is 164 Å². The summed E-state index contributed by atoms with van der Waals surface area (Å²) in [5, 5.41) is 8.35. The number of hydrogen-bond donors (Lipinski definition) is 2. The minimum Gasteiger partial charge on any atom is -0.386 e. The van der Waals surface area contributed by atoms with E-state index in [0.717, 1.165) is 29.7 Å². The van der Waals surface area contributed by atoms with Crippen molar-refractivity contribution in [2.24, 2.45) is 0 Å². The lowest BCUT2D eigenvalue weighted by Crippen LogP contribution is -2.20. The fraction of sp³-hybridized carbons (Fsp3) is 0.400. The van der Waals surface area contributed by atoms with Crippen molar-refractivity contribution >= 4 is 47.3 Å². The number of aldehydes is 1. The van der Waals surface area contributed by atoms with E-state index in [1.807, 2.05) is 23.9 Å². The quantitative estimate of drug-likeness (QED) is 0.332. The minimum atomic E-state index is -0.411. The van der Waals surface area contributed by atoms with Crippen molar-refractivity contribution in [1.29, 1.82) is 0 Å². The van der Waals surface area contributed by atoms with Gasteiger partial charge in [0.15, 0.2) is 6.29 Å². The summed E-state index contributed by atoms with van der Waals surface area (Å²) in [4.78, 5) is 22.6. The number of halogens is 1. The zero-order valence-electron chi connectivity index (χ0n) is 15.2. The molecule has 0 saturated heterocycles. The van der Waals surface area contributed by atoms with Gasteiger partial charge in [-0.3, -0.25) is 9.59 Å². The molecule has 1 aromatic rings. The molecule has 1 aliphatic carbocycles. The molecule has 0 spiro atoms. The molecule has 0 aromatic heterocycles. The number of carbonyl (C=O) groups excluding carboxylic acids is 2. The van der Waals surface area contributed by atoms with Crippen LogP contribution < -0.4 is 10.6 Å². The molecule has 4 nitrogen and oxygen atoms in total. The van der Waals surface area contributed by atoms with Gasteiger partial charge in [-0.15, -0.1) is 11.8 Å². The van der Waals surface area contributed by atoms with Crippen LogP contribution in [0, 0.1) is 0 Å².